The van der Waals surface area contributed by atoms with Crippen LogP contribution >= 0.6 is 0 Å². The van der Waals surface area contributed by atoms with Crippen LogP contribution in [0, 0.1) is 6.92 Å². The van der Waals surface area contributed by atoms with Crippen molar-refractivity contribution in [2.75, 3.05) is 6.79 Å². The molecule has 1 aliphatic rings. The number of ether oxygens (including phenoxy) is 2. The Morgan fingerprint density at radius 1 is 1.25 bits per heavy atom. The smallest absolute Gasteiger partial charge is 0.341 e. The number of rotatable bonds is 3. The first-order valence-electron chi connectivity index (χ1n) is 4.54. The minimum absolute atomic E-state index is 0.0290. The van der Waals surface area contributed by atoms with Gasteiger partial charge in [-0.3, -0.25) is 0 Å². The molecular weight excluding hydrogens is 232 g/mol. The van der Waals surface area contributed by atoms with E-state index in [0.717, 1.165) is 11.8 Å². The highest BCUT2D eigenvalue weighted by Gasteiger charge is 2.21. The zero-order valence-electron chi connectivity index (χ0n) is 8.54. The molecule has 1 aromatic carbocycles. The minimum Gasteiger partial charge on any atom is -0.458 e. The third kappa shape index (κ3) is 2.27. The lowest BCUT2D eigenvalue weighted by Crippen LogP contribution is -2.06. The van der Waals surface area contributed by atoms with E-state index in [-0.39, 0.29) is 17.6 Å². The molecule has 6 heteroatoms. The van der Waals surface area contributed by atoms with Crippen LogP contribution in [0.25, 0.3) is 0 Å². The molecule has 0 unspecified atom stereocenters. The lowest BCUT2D eigenvalue weighted by atomic mass is 10.2. The van der Waals surface area contributed by atoms with Crippen LogP contribution in [0.1, 0.15) is 5.56 Å². The molecule has 0 saturated heterocycles. The molecule has 1 aromatic rings. The molecule has 0 atom stereocenters. The van der Waals surface area contributed by atoms with E-state index in [1.807, 2.05) is 6.92 Å². The normalized spacial score (nSPS) is 14.9. The van der Waals surface area contributed by atoms with Crippen LogP contribution in [-0.4, -0.2) is 15.2 Å². The lowest BCUT2D eigenvalue weighted by Gasteiger charge is -2.05. The highest BCUT2D eigenvalue weighted by molar-refractivity contribution is 7.86. The topological polar surface area (TPSA) is 61.8 Å². The third-order valence-corrected chi connectivity index (χ3v) is 3.18. The summed E-state index contributed by atoms with van der Waals surface area (Å²) in [6.07, 6.45) is 1.12. The van der Waals surface area contributed by atoms with Crippen molar-refractivity contribution in [3.8, 4) is 0 Å². The minimum atomic E-state index is -3.83. The predicted molar refractivity (Wildman–Crippen MR) is 54.6 cm³/mol. The first kappa shape index (κ1) is 10.8. The monoisotopic (exact) mass is 242 g/mol. The number of aryl methyl sites for hydroxylation is 1. The second-order valence-corrected chi connectivity index (χ2v) is 4.76. The molecular formula is C10H10O5S. The highest BCUT2D eigenvalue weighted by atomic mass is 32.2. The van der Waals surface area contributed by atoms with Crippen molar-refractivity contribution in [2.24, 2.45) is 0 Å². The van der Waals surface area contributed by atoms with Gasteiger partial charge in [-0.25, -0.2) is 0 Å². The molecule has 0 spiro atoms. The van der Waals surface area contributed by atoms with Gasteiger partial charge in [-0.15, -0.1) is 0 Å². The summed E-state index contributed by atoms with van der Waals surface area (Å²) in [5.41, 5.74) is 0.971. The molecule has 0 N–H and O–H groups in total. The molecule has 2 rings (SSSR count). The second-order valence-electron chi connectivity index (χ2n) is 3.22. The fraction of sp³-hybridized carbons (Fsp3) is 0.200. The average Bonchev–Trinajstić information content (AvgIpc) is 2.70. The zero-order valence-corrected chi connectivity index (χ0v) is 9.36. The summed E-state index contributed by atoms with van der Waals surface area (Å²) in [4.78, 5) is 0.0782. The van der Waals surface area contributed by atoms with Crippen LogP contribution < -0.4 is 0 Å². The maximum atomic E-state index is 11.7. The first-order valence-corrected chi connectivity index (χ1v) is 5.94. The summed E-state index contributed by atoms with van der Waals surface area (Å²) in [6.45, 7) is 1.84. The van der Waals surface area contributed by atoms with E-state index < -0.39 is 10.1 Å². The Hall–Kier alpha value is -1.69. The predicted octanol–water partition coefficient (Wildman–Crippen LogP) is 1.50. The summed E-state index contributed by atoms with van der Waals surface area (Å²) in [5, 5.41) is 0. The van der Waals surface area contributed by atoms with E-state index in [4.69, 9.17) is 8.92 Å². The van der Waals surface area contributed by atoms with Gasteiger partial charge in [-0.05, 0) is 19.1 Å². The van der Waals surface area contributed by atoms with Gasteiger partial charge < -0.3 is 13.7 Å². The van der Waals surface area contributed by atoms with E-state index in [2.05, 4.69) is 4.74 Å². The molecule has 0 saturated carbocycles. The molecule has 1 heterocycles. The summed E-state index contributed by atoms with van der Waals surface area (Å²) in [6, 6.07) is 6.33. The molecule has 1 aliphatic heterocycles. The second kappa shape index (κ2) is 4.05. The summed E-state index contributed by atoms with van der Waals surface area (Å²) in [7, 11) is -3.83. The Balaban J connectivity index is 2.21. The first-order chi connectivity index (χ1) is 7.58. The number of hydrogen-bond acceptors (Lipinski definition) is 5. The van der Waals surface area contributed by atoms with E-state index in [0.29, 0.717) is 0 Å². The van der Waals surface area contributed by atoms with Crippen LogP contribution in [0.15, 0.2) is 41.4 Å². The van der Waals surface area contributed by atoms with Crippen molar-refractivity contribution in [3.63, 3.8) is 0 Å². The Bertz CT molecular complexity index is 501. The summed E-state index contributed by atoms with van der Waals surface area (Å²) < 4.78 is 37.6. The van der Waals surface area contributed by atoms with Crippen molar-refractivity contribution >= 4 is 10.1 Å². The van der Waals surface area contributed by atoms with Gasteiger partial charge >= 0.3 is 16.1 Å². The van der Waals surface area contributed by atoms with E-state index >= 15 is 0 Å². The van der Waals surface area contributed by atoms with Gasteiger partial charge in [0.05, 0.1) is 0 Å². The molecule has 0 aliphatic carbocycles. The van der Waals surface area contributed by atoms with Gasteiger partial charge in [0.25, 0.3) is 0 Å². The van der Waals surface area contributed by atoms with Crippen molar-refractivity contribution in [1.82, 2.24) is 0 Å². The molecule has 0 amide bonds. The van der Waals surface area contributed by atoms with Crippen molar-refractivity contribution in [1.29, 1.82) is 0 Å². The molecule has 0 bridgehead atoms. The van der Waals surface area contributed by atoms with Crippen LogP contribution in [-0.2, 0) is 23.8 Å². The van der Waals surface area contributed by atoms with Crippen LogP contribution in [0.3, 0.4) is 0 Å². The molecule has 0 radical (unpaired) electrons. The van der Waals surface area contributed by atoms with Crippen molar-refractivity contribution < 1.29 is 22.1 Å². The molecule has 86 valence electrons. The Morgan fingerprint density at radius 2 is 1.94 bits per heavy atom. The van der Waals surface area contributed by atoms with Gasteiger partial charge in [-0.2, -0.15) is 8.42 Å². The van der Waals surface area contributed by atoms with Crippen molar-refractivity contribution in [3.05, 3.63) is 42.0 Å². The van der Waals surface area contributed by atoms with Gasteiger partial charge in [0.15, 0.2) is 6.26 Å². The van der Waals surface area contributed by atoms with Gasteiger partial charge in [0.1, 0.15) is 4.90 Å². The van der Waals surface area contributed by atoms with Crippen LogP contribution in [0.2, 0.25) is 0 Å². The Labute approximate surface area is 93.4 Å². The summed E-state index contributed by atoms with van der Waals surface area (Å²) >= 11 is 0. The Kier molecular flexibility index (Phi) is 2.74. The molecule has 0 fully saturated rings. The maximum Gasteiger partial charge on any atom is 0.341 e. The largest absolute Gasteiger partial charge is 0.458 e. The molecule has 16 heavy (non-hydrogen) atoms. The quantitative estimate of drug-likeness (QED) is 0.752. The van der Waals surface area contributed by atoms with E-state index in [9.17, 15) is 8.42 Å². The maximum absolute atomic E-state index is 11.7. The molecule has 0 aromatic heterocycles. The highest BCUT2D eigenvalue weighted by Crippen LogP contribution is 2.19. The number of benzene rings is 1. The zero-order chi connectivity index (χ0) is 11.6. The SMILES string of the molecule is Cc1ccc(S(=O)(=O)OC2=COCO2)cc1. The average molecular weight is 242 g/mol. The fourth-order valence-corrected chi connectivity index (χ4v) is 2.00. The Morgan fingerprint density at radius 3 is 2.50 bits per heavy atom. The summed E-state index contributed by atoms with van der Waals surface area (Å²) in [5.74, 6) is -0.152. The van der Waals surface area contributed by atoms with E-state index in [1.54, 1.807) is 12.1 Å². The van der Waals surface area contributed by atoms with Gasteiger partial charge in [0, 0.05) is 0 Å². The van der Waals surface area contributed by atoms with Crippen LogP contribution in [0.5, 0.6) is 0 Å². The van der Waals surface area contributed by atoms with Gasteiger partial charge in [-0.1, -0.05) is 17.7 Å². The standard InChI is InChI=1S/C10H10O5S/c1-8-2-4-9(5-3-8)16(11,12)15-10-6-13-7-14-10/h2-6H,7H2,1H3. The third-order valence-electron chi connectivity index (χ3n) is 1.95. The lowest BCUT2D eigenvalue weighted by molar-refractivity contribution is 0.0458. The fourth-order valence-electron chi connectivity index (χ4n) is 1.13. The van der Waals surface area contributed by atoms with Crippen LogP contribution in [0.4, 0.5) is 0 Å². The van der Waals surface area contributed by atoms with E-state index in [1.165, 1.54) is 12.1 Å². The van der Waals surface area contributed by atoms with Crippen molar-refractivity contribution in [2.45, 2.75) is 11.8 Å². The molecule has 5 nitrogen and oxygen atoms in total. The van der Waals surface area contributed by atoms with Gasteiger partial charge in [0.2, 0.25) is 6.79 Å². The number of hydrogen-bond donors (Lipinski definition) is 0.